The zero-order valence-electron chi connectivity index (χ0n) is 12.9. The third kappa shape index (κ3) is 4.37. The molecule has 1 amide bonds. The maximum absolute atomic E-state index is 11.7. The number of rotatable bonds is 4. The molecule has 1 aliphatic carbocycles. The van der Waals surface area contributed by atoms with Gasteiger partial charge in [0.25, 0.3) is 5.91 Å². The lowest BCUT2D eigenvalue weighted by molar-refractivity contribution is 0.0963. The van der Waals surface area contributed by atoms with E-state index in [9.17, 15) is 4.79 Å². The van der Waals surface area contributed by atoms with Crippen LogP contribution in [0.4, 0.5) is 5.69 Å². The summed E-state index contributed by atoms with van der Waals surface area (Å²) in [6.07, 6.45) is 7.51. The van der Waals surface area contributed by atoms with E-state index in [0.717, 1.165) is 11.6 Å². The number of hydrogen-bond donors (Lipinski definition) is 2. The van der Waals surface area contributed by atoms with Gasteiger partial charge in [0.05, 0.1) is 10.7 Å². The zero-order valence-corrected chi connectivity index (χ0v) is 13.7. The van der Waals surface area contributed by atoms with Gasteiger partial charge in [0.15, 0.2) is 0 Å². The number of carbonyl (C=O) groups excluding carboxylic acids is 1. The van der Waals surface area contributed by atoms with Crippen LogP contribution in [0.2, 0.25) is 5.02 Å². The number of amides is 1. The Labute approximate surface area is 132 Å². The molecule has 3 nitrogen and oxygen atoms in total. The molecule has 0 radical (unpaired) electrons. The minimum atomic E-state index is -0.0818. The first-order valence-electron chi connectivity index (χ1n) is 7.92. The molecule has 1 saturated carbocycles. The highest BCUT2D eigenvalue weighted by Crippen LogP contribution is 2.30. The predicted octanol–water partition coefficient (Wildman–Crippen LogP) is 4.47. The monoisotopic (exact) mass is 308 g/mol. The second kappa shape index (κ2) is 7.69. The van der Waals surface area contributed by atoms with Crippen LogP contribution in [0.25, 0.3) is 0 Å². The molecule has 2 unspecified atom stereocenters. The van der Waals surface area contributed by atoms with Gasteiger partial charge in [-0.3, -0.25) is 4.79 Å². The van der Waals surface area contributed by atoms with Crippen LogP contribution in [-0.2, 0) is 0 Å². The van der Waals surface area contributed by atoms with Crippen LogP contribution in [-0.4, -0.2) is 19.0 Å². The van der Waals surface area contributed by atoms with Gasteiger partial charge in [-0.25, -0.2) is 0 Å². The first-order valence-corrected chi connectivity index (χ1v) is 8.30. The smallest absolute Gasteiger partial charge is 0.251 e. The Morgan fingerprint density at radius 2 is 2.10 bits per heavy atom. The van der Waals surface area contributed by atoms with Gasteiger partial charge < -0.3 is 10.6 Å². The topological polar surface area (TPSA) is 41.1 Å². The van der Waals surface area contributed by atoms with Crippen molar-refractivity contribution in [2.75, 3.05) is 12.4 Å². The molecule has 4 heteroatoms. The Balaban J connectivity index is 2.06. The molecule has 1 aromatic rings. The highest BCUT2D eigenvalue weighted by atomic mass is 35.5. The van der Waals surface area contributed by atoms with E-state index in [1.54, 1.807) is 19.2 Å². The predicted molar refractivity (Wildman–Crippen MR) is 89.1 cm³/mol. The van der Waals surface area contributed by atoms with Gasteiger partial charge in [-0.15, -0.1) is 0 Å². The number of nitrogens with one attached hydrogen (secondary N) is 2. The van der Waals surface area contributed by atoms with E-state index in [4.69, 9.17) is 11.6 Å². The Hall–Kier alpha value is -1.22. The lowest BCUT2D eigenvalue weighted by atomic mass is 9.98. The fourth-order valence-electron chi connectivity index (χ4n) is 3.07. The molecule has 116 valence electrons. The first kappa shape index (κ1) is 16.2. The molecule has 0 aromatic heterocycles. The number of carbonyl (C=O) groups is 1. The number of hydrogen-bond acceptors (Lipinski definition) is 2. The summed E-state index contributed by atoms with van der Waals surface area (Å²) in [4.78, 5) is 11.7. The summed E-state index contributed by atoms with van der Waals surface area (Å²) in [6.45, 7) is 2.28. The van der Waals surface area contributed by atoms with Crippen molar-refractivity contribution in [3.8, 4) is 0 Å². The minimum Gasteiger partial charge on any atom is -0.381 e. The summed E-state index contributed by atoms with van der Waals surface area (Å²) in [6, 6.07) is 5.86. The van der Waals surface area contributed by atoms with Crippen molar-refractivity contribution in [2.45, 2.75) is 51.5 Å². The summed E-state index contributed by atoms with van der Waals surface area (Å²) in [5.41, 5.74) is 1.52. The molecular formula is C17H25ClN2O. The van der Waals surface area contributed by atoms with Gasteiger partial charge in [0.2, 0.25) is 0 Å². The molecule has 0 bridgehead atoms. The normalized spacial score (nSPS) is 22.4. The van der Waals surface area contributed by atoms with Gasteiger partial charge in [-0.05, 0) is 43.4 Å². The van der Waals surface area contributed by atoms with E-state index in [2.05, 4.69) is 17.6 Å². The Kier molecular flexibility index (Phi) is 5.92. The molecule has 1 aromatic carbocycles. The molecule has 0 saturated heterocycles. The van der Waals surface area contributed by atoms with Crippen molar-refractivity contribution in [2.24, 2.45) is 5.92 Å². The van der Waals surface area contributed by atoms with Crippen LogP contribution < -0.4 is 10.6 Å². The molecule has 0 aliphatic heterocycles. The molecule has 0 heterocycles. The highest BCUT2D eigenvalue weighted by Gasteiger charge is 2.18. The molecule has 2 N–H and O–H groups in total. The highest BCUT2D eigenvalue weighted by molar-refractivity contribution is 6.33. The summed E-state index contributed by atoms with van der Waals surface area (Å²) < 4.78 is 0. The van der Waals surface area contributed by atoms with Gasteiger partial charge >= 0.3 is 0 Å². The van der Waals surface area contributed by atoms with Crippen molar-refractivity contribution in [1.82, 2.24) is 5.32 Å². The van der Waals surface area contributed by atoms with Gasteiger partial charge in [-0.1, -0.05) is 37.8 Å². The molecule has 1 aliphatic rings. The van der Waals surface area contributed by atoms with E-state index in [1.807, 2.05) is 6.07 Å². The lowest BCUT2D eigenvalue weighted by Gasteiger charge is -2.19. The van der Waals surface area contributed by atoms with Crippen LogP contribution in [0.5, 0.6) is 0 Å². The number of benzene rings is 1. The van der Waals surface area contributed by atoms with E-state index in [-0.39, 0.29) is 5.91 Å². The van der Waals surface area contributed by atoms with Gasteiger partial charge in [0.1, 0.15) is 0 Å². The Morgan fingerprint density at radius 3 is 2.81 bits per heavy atom. The lowest BCUT2D eigenvalue weighted by Crippen LogP contribution is -2.20. The summed E-state index contributed by atoms with van der Waals surface area (Å²) in [7, 11) is 1.64. The van der Waals surface area contributed by atoms with Crippen LogP contribution in [0.15, 0.2) is 18.2 Å². The van der Waals surface area contributed by atoms with E-state index < -0.39 is 0 Å². The molecule has 21 heavy (non-hydrogen) atoms. The largest absolute Gasteiger partial charge is 0.381 e. The van der Waals surface area contributed by atoms with Crippen molar-refractivity contribution in [3.63, 3.8) is 0 Å². The van der Waals surface area contributed by atoms with Crippen LogP contribution in [0.3, 0.4) is 0 Å². The minimum absolute atomic E-state index is 0.0818. The molecule has 2 rings (SSSR count). The molecule has 1 fully saturated rings. The zero-order chi connectivity index (χ0) is 15.2. The maximum Gasteiger partial charge on any atom is 0.251 e. The average molecular weight is 309 g/mol. The van der Waals surface area contributed by atoms with E-state index >= 15 is 0 Å². The van der Waals surface area contributed by atoms with Crippen LogP contribution in [0.1, 0.15) is 55.8 Å². The molecular weight excluding hydrogens is 284 g/mol. The van der Waals surface area contributed by atoms with Crippen molar-refractivity contribution in [1.29, 1.82) is 0 Å². The SMILES string of the molecule is CCC1CCCC(Nc2cc(C(=O)NC)ccc2Cl)CC1. The van der Waals surface area contributed by atoms with Crippen LogP contribution in [0, 0.1) is 5.92 Å². The van der Waals surface area contributed by atoms with Crippen molar-refractivity contribution >= 4 is 23.2 Å². The fourth-order valence-corrected chi connectivity index (χ4v) is 3.24. The van der Waals surface area contributed by atoms with Gasteiger partial charge in [-0.2, -0.15) is 0 Å². The van der Waals surface area contributed by atoms with Crippen molar-refractivity contribution < 1.29 is 4.79 Å². The van der Waals surface area contributed by atoms with Crippen molar-refractivity contribution in [3.05, 3.63) is 28.8 Å². The maximum atomic E-state index is 11.7. The number of anilines is 1. The summed E-state index contributed by atoms with van der Waals surface area (Å²) >= 11 is 6.27. The average Bonchev–Trinajstić information content (AvgIpc) is 2.73. The second-order valence-electron chi connectivity index (χ2n) is 5.90. The second-order valence-corrected chi connectivity index (χ2v) is 6.30. The first-order chi connectivity index (χ1) is 10.1. The van der Waals surface area contributed by atoms with Crippen LogP contribution >= 0.6 is 11.6 Å². The Morgan fingerprint density at radius 1 is 1.29 bits per heavy atom. The van der Waals surface area contributed by atoms with E-state index in [1.165, 1.54) is 38.5 Å². The molecule has 0 spiro atoms. The number of halogens is 1. The fraction of sp³-hybridized carbons (Fsp3) is 0.588. The summed E-state index contributed by atoms with van der Waals surface area (Å²) in [5.74, 6) is 0.783. The standard InChI is InChI=1S/C17H25ClN2O/c1-3-12-5-4-6-14(9-7-12)20-16-11-13(17(21)19-2)8-10-15(16)18/h8,10-12,14,20H,3-7,9H2,1-2H3,(H,19,21). The summed E-state index contributed by atoms with van der Waals surface area (Å²) in [5, 5.41) is 6.87. The van der Waals surface area contributed by atoms with Gasteiger partial charge in [0, 0.05) is 18.7 Å². The van der Waals surface area contributed by atoms with E-state index in [0.29, 0.717) is 16.6 Å². The molecule has 2 atom stereocenters. The third-order valence-corrected chi connectivity index (χ3v) is 4.81. The Bertz CT molecular complexity index is 490. The quantitative estimate of drug-likeness (QED) is 0.806. The third-order valence-electron chi connectivity index (χ3n) is 4.48.